The van der Waals surface area contributed by atoms with Crippen LogP contribution >= 0.6 is 12.2 Å². The van der Waals surface area contributed by atoms with Crippen LogP contribution in [-0.4, -0.2) is 53.1 Å². The van der Waals surface area contributed by atoms with Crippen LogP contribution in [0.4, 0.5) is 0 Å². The van der Waals surface area contributed by atoms with Crippen molar-refractivity contribution >= 4 is 17.2 Å². The molecule has 0 aromatic heterocycles. The molecule has 0 radical (unpaired) electrons. The zero-order chi connectivity index (χ0) is 11.4. The predicted molar refractivity (Wildman–Crippen MR) is 69.1 cm³/mol. The highest BCUT2D eigenvalue weighted by Crippen LogP contribution is 2.11. The minimum atomic E-state index is 0.300. The number of piperazine rings is 1. The van der Waals surface area contributed by atoms with E-state index < -0.39 is 0 Å². The van der Waals surface area contributed by atoms with Crippen molar-refractivity contribution in [2.75, 3.05) is 26.2 Å². The average Bonchev–Trinajstić information content (AvgIpc) is 2.19. The molecule has 1 aliphatic rings. The summed E-state index contributed by atoms with van der Waals surface area (Å²) >= 11 is 5.10. The van der Waals surface area contributed by atoms with Gasteiger partial charge in [-0.1, -0.05) is 19.1 Å². The molecular formula is C11H23N3S. The molecule has 3 nitrogen and oxygen atoms in total. The first-order chi connectivity index (χ1) is 7.06. The van der Waals surface area contributed by atoms with Crippen LogP contribution in [-0.2, 0) is 0 Å². The van der Waals surface area contributed by atoms with E-state index in [1.807, 2.05) is 0 Å². The van der Waals surface area contributed by atoms with Gasteiger partial charge in [0.05, 0.1) is 11.0 Å². The minimum Gasteiger partial charge on any atom is -0.392 e. The van der Waals surface area contributed by atoms with E-state index in [0.29, 0.717) is 17.1 Å². The van der Waals surface area contributed by atoms with Crippen molar-refractivity contribution in [1.82, 2.24) is 9.80 Å². The number of hydrogen-bond donors (Lipinski definition) is 1. The van der Waals surface area contributed by atoms with E-state index in [4.69, 9.17) is 18.0 Å². The van der Waals surface area contributed by atoms with Gasteiger partial charge in [0, 0.05) is 32.2 Å². The molecule has 1 atom stereocenters. The minimum absolute atomic E-state index is 0.300. The van der Waals surface area contributed by atoms with Gasteiger partial charge in [-0.2, -0.15) is 0 Å². The summed E-state index contributed by atoms with van der Waals surface area (Å²) in [7, 11) is 0. The highest BCUT2D eigenvalue weighted by Gasteiger charge is 2.24. The van der Waals surface area contributed by atoms with E-state index >= 15 is 0 Å². The fourth-order valence-corrected chi connectivity index (χ4v) is 2.52. The summed E-state index contributed by atoms with van der Waals surface area (Å²) in [5, 5.41) is 0. The zero-order valence-corrected chi connectivity index (χ0v) is 10.9. The first-order valence-electron chi connectivity index (χ1n) is 5.83. The van der Waals surface area contributed by atoms with Gasteiger partial charge in [-0.25, -0.2) is 0 Å². The Hall–Kier alpha value is -0.190. The van der Waals surface area contributed by atoms with Crippen molar-refractivity contribution < 1.29 is 0 Å². The lowest BCUT2D eigenvalue weighted by Crippen LogP contribution is -2.54. The maximum absolute atomic E-state index is 5.75. The van der Waals surface area contributed by atoms with Gasteiger partial charge in [0.2, 0.25) is 0 Å². The van der Waals surface area contributed by atoms with Crippen LogP contribution in [0, 0.1) is 0 Å². The lowest BCUT2D eigenvalue weighted by molar-refractivity contribution is 0.0954. The van der Waals surface area contributed by atoms with Gasteiger partial charge in [-0.3, -0.25) is 9.80 Å². The molecule has 1 unspecified atom stereocenters. The van der Waals surface area contributed by atoms with Gasteiger partial charge in [-0.05, 0) is 20.3 Å². The molecular weight excluding hydrogens is 206 g/mol. The van der Waals surface area contributed by atoms with Crippen LogP contribution in [0.1, 0.15) is 27.2 Å². The molecule has 1 fully saturated rings. The lowest BCUT2D eigenvalue weighted by atomic mass is 10.1. The van der Waals surface area contributed by atoms with Crippen molar-refractivity contribution in [2.45, 2.75) is 39.3 Å². The molecule has 0 saturated carbocycles. The summed E-state index contributed by atoms with van der Waals surface area (Å²) in [5.74, 6) is 0. The second-order valence-electron chi connectivity index (χ2n) is 4.49. The van der Waals surface area contributed by atoms with Crippen molar-refractivity contribution in [3.63, 3.8) is 0 Å². The van der Waals surface area contributed by atoms with Crippen LogP contribution in [0.2, 0.25) is 0 Å². The van der Waals surface area contributed by atoms with Gasteiger partial charge in [0.25, 0.3) is 0 Å². The topological polar surface area (TPSA) is 32.5 Å². The second kappa shape index (κ2) is 5.77. The Labute approximate surface area is 98.6 Å². The summed E-state index contributed by atoms with van der Waals surface area (Å²) in [6, 6.07) is 0.950. The number of hydrogen-bond acceptors (Lipinski definition) is 3. The lowest BCUT2D eigenvalue weighted by Gasteiger charge is -2.40. The first-order valence-corrected chi connectivity index (χ1v) is 6.24. The molecule has 1 heterocycles. The molecule has 0 amide bonds. The molecule has 0 bridgehead atoms. The third kappa shape index (κ3) is 3.40. The van der Waals surface area contributed by atoms with Gasteiger partial charge >= 0.3 is 0 Å². The molecule has 0 aromatic carbocycles. The molecule has 1 saturated heterocycles. The predicted octanol–water partition coefficient (Wildman–Crippen LogP) is 1.08. The van der Waals surface area contributed by atoms with Crippen molar-refractivity contribution in [2.24, 2.45) is 5.73 Å². The van der Waals surface area contributed by atoms with Crippen LogP contribution in [0.5, 0.6) is 0 Å². The Morgan fingerprint density at radius 3 is 2.00 bits per heavy atom. The van der Waals surface area contributed by atoms with Crippen LogP contribution in [0.25, 0.3) is 0 Å². The van der Waals surface area contributed by atoms with Crippen molar-refractivity contribution in [3.05, 3.63) is 0 Å². The molecule has 0 aromatic rings. The molecule has 1 rings (SSSR count). The van der Waals surface area contributed by atoms with E-state index in [2.05, 4.69) is 30.6 Å². The van der Waals surface area contributed by atoms with E-state index in [9.17, 15) is 0 Å². The van der Waals surface area contributed by atoms with E-state index in [-0.39, 0.29) is 0 Å². The molecule has 4 heteroatoms. The third-order valence-corrected chi connectivity index (χ3v) is 3.51. The SMILES string of the molecule is CCC(C(N)=S)N1CCN(C(C)C)CC1. The molecule has 15 heavy (non-hydrogen) atoms. The average molecular weight is 229 g/mol. The van der Waals surface area contributed by atoms with Gasteiger partial charge in [0.15, 0.2) is 0 Å². The summed E-state index contributed by atoms with van der Waals surface area (Å²) in [6.45, 7) is 11.1. The Balaban J connectivity index is 2.45. The molecule has 88 valence electrons. The number of nitrogens with zero attached hydrogens (tertiary/aromatic N) is 2. The van der Waals surface area contributed by atoms with Gasteiger partial charge in [-0.15, -0.1) is 0 Å². The van der Waals surface area contributed by atoms with Crippen LogP contribution in [0.15, 0.2) is 0 Å². The smallest absolute Gasteiger partial charge is 0.0901 e. The maximum atomic E-state index is 5.75. The molecule has 0 spiro atoms. The Morgan fingerprint density at radius 1 is 1.20 bits per heavy atom. The first kappa shape index (κ1) is 12.9. The fraction of sp³-hybridized carbons (Fsp3) is 0.909. The highest BCUT2D eigenvalue weighted by atomic mass is 32.1. The highest BCUT2D eigenvalue weighted by molar-refractivity contribution is 7.80. The van der Waals surface area contributed by atoms with Gasteiger partial charge in [0.1, 0.15) is 0 Å². The van der Waals surface area contributed by atoms with Crippen molar-refractivity contribution in [3.8, 4) is 0 Å². The third-order valence-electron chi connectivity index (χ3n) is 3.24. The summed E-state index contributed by atoms with van der Waals surface area (Å²) < 4.78 is 0. The summed E-state index contributed by atoms with van der Waals surface area (Å²) in [6.07, 6.45) is 1.02. The zero-order valence-electron chi connectivity index (χ0n) is 10.1. The van der Waals surface area contributed by atoms with Crippen LogP contribution < -0.4 is 5.73 Å². The Kier molecular flexibility index (Phi) is 4.96. The van der Waals surface area contributed by atoms with Crippen molar-refractivity contribution in [1.29, 1.82) is 0 Å². The largest absolute Gasteiger partial charge is 0.392 e. The molecule has 0 aliphatic carbocycles. The monoisotopic (exact) mass is 229 g/mol. The summed E-state index contributed by atoms with van der Waals surface area (Å²) in [5.41, 5.74) is 5.75. The molecule has 1 aliphatic heterocycles. The molecule has 2 N–H and O–H groups in total. The van der Waals surface area contributed by atoms with Crippen LogP contribution in [0.3, 0.4) is 0 Å². The Bertz CT molecular complexity index is 210. The number of thiocarbonyl (C=S) groups is 1. The normalized spacial score (nSPS) is 21.9. The summed E-state index contributed by atoms with van der Waals surface area (Å²) in [4.78, 5) is 5.57. The van der Waals surface area contributed by atoms with Gasteiger partial charge < -0.3 is 5.73 Å². The van der Waals surface area contributed by atoms with E-state index in [1.54, 1.807) is 0 Å². The second-order valence-corrected chi connectivity index (χ2v) is 4.96. The quantitative estimate of drug-likeness (QED) is 0.731. The fourth-order valence-electron chi connectivity index (χ4n) is 2.20. The van der Waals surface area contributed by atoms with E-state index in [1.165, 1.54) is 0 Å². The maximum Gasteiger partial charge on any atom is 0.0901 e. The number of rotatable bonds is 4. The number of nitrogens with two attached hydrogens (primary N) is 1. The van der Waals surface area contributed by atoms with E-state index in [0.717, 1.165) is 32.6 Å². The standard InChI is InChI=1S/C11H23N3S/c1-4-10(11(12)15)14-7-5-13(6-8-14)9(2)3/h9-10H,4-8H2,1-3H3,(H2,12,15). The Morgan fingerprint density at radius 2 is 1.67 bits per heavy atom.